The van der Waals surface area contributed by atoms with Crippen LogP contribution in [0.5, 0.6) is 0 Å². The lowest BCUT2D eigenvalue weighted by molar-refractivity contribution is 0.0883. The zero-order chi connectivity index (χ0) is 14.2. The highest BCUT2D eigenvalue weighted by atomic mass is 79.9. The molecule has 5 nitrogen and oxygen atoms in total. The number of hydrogen-bond acceptors (Lipinski definition) is 3. The molecule has 0 aromatic heterocycles. The van der Waals surface area contributed by atoms with Crippen LogP contribution in [0.4, 0.5) is 4.79 Å². The lowest BCUT2D eigenvalue weighted by Crippen LogP contribution is -2.42. The topological polar surface area (TPSA) is 50.8 Å². The summed E-state index contributed by atoms with van der Waals surface area (Å²) < 4.78 is 12.0. The third-order valence-electron chi connectivity index (χ3n) is 3.51. The number of rotatable bonds is 6. The Morgan fingerprint density at radius 1 is 1.60 bits per heavy atom. The molecule has 0 spiro atoms. The Kier molecular flexibility index (Phi) is 6.82. The van der Waals surface area contributed by atoms with Gasteiger partial charge >= 0.3 is 6.03 Å². The first kappa shape index (κ1) is 15.8. The minimum Gasteiger partial charge on any atom is -0.381 e. The second kappa shape index (κ2) is 8.64. The predicted molar refractivity (Wildman–Crippen MR) is 81.0 cm³/mol. The van der Waals surface area contributed by atoms with Crippen LogP contribution in [0.15, 0.2) is 10.6 Å². The molecule has 0 aromatic rings. The maximum atomic E-state index is 11.9. The van der Waals surface area contributed by atoms with Gasteiger partial charge in [-0.05, 0) is 19.3 Å². The van der Waals surface area contributed by atoms with E-state index in [4.69, 9.17) is 9.47 Å². The number of nitrogens with zero attached hydrogens (tertiary/aromatic N) is 1. The van der Waals surface area contributed by atoms with Crippen molar-refractivity contribution in [2.75, 3.05) is 46.1 Å². The van der Waals surface area contributed by atoms with Crippen molar-refractivity contribution in [2.45, 2.75) is 19.3 Å². The largest absolute Gasteiger partial charge is 0.381 e. The molecule has 0 radical (unpaired) electrons. The molecule has 1 atom stereocenters. The van der Waals surface area contributed by atoms with Crippen molar-refractivity contribution in [1.29, 1.82) is 0 Å². The van der Waals surface area contributed by atoms with Crippen molar-refractivity contribution in [3.8, 4) is 0 Å². The molecule has 20 heavy (non-hydrogen) atoms. The van der Waals surface area contributed by atoms with Crippen molar-refractivity contribution in [3.05, 3.63) is 10.6 Å². The first-order valence-electron chi connectivity index (χ1n) is 7.28. The molecule has 0 aromatic carbocycles. The molecular formula is C14H23BrN2O3. The second-order valence-corrected chi connectivity index (χ2v) is 6.27. The number of amides is 2. The fourth-order valence-electron chi connectivity index (χ4n) is 2.32. The van der Waals surface area contributed by atoms with Crippen molar-refractivity contribution >= 4 is 22.0 Å². The maximum absolute atomic E-state index is 11.9. The van der Waals surface area contributed by atoms with Crippen LogP contribution in [0.2, 0.25) is 0 Å². The minimum absolute atomic E-state index is 0.0132. The third kappa shape index (κ3) is 5.42. The molecule has 2 aliphatic heterocycles. The predicted octanol–water partition coefficient (Wildman–Crippen LogP) is 2.12. The smallest absolute Gasteiger partial charge is 0.317 e. The molecule has 2 heterocycles. The second-order valence-electron chi connectivity index (χ2n) is 5.25. The van der Waals surface area contributed by atoms with E-state index in [1.807, 2.05) is 4.90 Å². The summed E-state index contributed by atoms with van der Waals surface area (Å²) in [5.41, 5.74) is 0. The first-order valence-corrected chi connectivity index (χ1v) is 8.08. The molecule has 2 amide bonds. The molecule has 0 bridgehead atoms. The van der Waals surface area contributed by atoms with E-state index in [2.05, 4.69) is 27.3 Å². The van der Waals surface area contributed by atoms with Gasteiger partial charge in [0.2, 0.25) is 0 Å². The van der Waals surface area contributed by atoms with Gasteiger partial charge in [-0.2, -0.15) is 0 Å². The number of ether oxygens (including phenoxy) is 2. The highest BCUT2D eigenvalue weighted by Gasteiger charge is 2.17. The number of halogens is 1. The average molecular weight is 347 g/mol. The summed E-state index contributed by atoms with van der Waals surface area (Å²) in [6.07, 6.45) is 4.99. The van der Waals surface area contributed by atoms with Crippen molar-refractivity contribution in [3.63, 3.8) is 0 Å². The Bertz CT molecular complexity index is 343. The molecular weight excluding hydrogens is 324 g/mol. The molecule has 0 saturated carbocycles. The summed E-state index contributed by atoms with van der Waals surface area (Å²) in [7, 11) is 0. The SMILES string of the molecule is O=C(NCCCOC[C@@H]1CCOC1)N1CCC=C(Br)C1. The van der Waals surface area contributed by atoms with Gasteiger partial charge in [0.25, 0.3) is 0 Å². The van der Waals surface area contributed by atoms with E-state index in [1.54, 1.807) is 0 Å². The average Bonchev–Trinajstić information content (AvgIpc) is 2.95. The minimum atomic E-state index is 0.0132. The normalized spacial score (nSPS) is 22.8. The van der Waals surface area contributed by atoms with E-state index < -0.39 is 0 Å². The molecule has 0 aliphatic carbocycles. The highest BCUT2D eigenvalue weighted by molar-refractivity contribution is 9.11. The van der Waals surface area contributed by atoms with Gasteiger partial charge in [-0.3, -0.25) is 0 Å². The van der Waals surface area contributed by atoms with Gasteiger partial charge in [-0.25, -0.2) is 4.79 Å². The first-order chi connectivity index (χ1) is 9.75. The van der Waals surface area contributed by atoms with Gasteiger partial charge in [0, 0.05) is 36.7 Å². The van der Waals surface area contributed by atoms with E-state index >= 15 is 0 Å². The van der Waals surface area contributed by atoms with Crippen LogP contribution >= 0.6 is 15.9 Å². The van der Waals surface area contributed by atoms with Crippen LogP contribution in [0.3, 0.4) is 0 Å². The zero-order valence-corrected chi connectivity index (χ0v) is 13.4. The molecule has 2 aliphatic rings. The van der Waals surface area contributed by atoms with Crippen LogP contribution in [0, 0.1) is 5.92 Å². The number of carbonyl (C=O) groups excluding carboxylic acids is 1. The van der Waals surface area contributed by atoms with Crippen LogP contribution in [0.25, 0.3) is 0 Å². The fourth-order valence-corrected chi connectivity index (χ4v) is 2.85. The quantitative estimate of drug-likeness (QED) is 0.749. The van der Waals surface area contributed by atoms with Gasteiger partial charge in [0.1, 0.15) is 0 Å². The van der Waals surface area contributed by atoms with Gasteiger partial charge in [-0.15, -0.1) is 0 Å². The number of carbonyl (C=O) groups is 1. The Balaban J connectivity index is 1.48. The third-order valence-corrected chi connectivity index (χ3v) is 4.09. The highest BCUT2D eigenvalue weighted by Crippen LogP contribution is 2.14. The van der Waals surface area contributed by atoms with Crippen LogP contribution in [-0.2, 0) is 9.47 Å². The summed E-state index contributed by atoms with van der Waals surface area (Å²) in [5, 5.41) is 2.94. The monoisotopic (exact) mass is 346 g/mol. The Hall–Kier alpha value is -0.590. The van der Waals surface area contributed by atoms with Gasteiger partial charge in [0.05, 0.1) is 19.8 Å². The van der Waals surface area contributed by atoms with Gasteiger partial charge in [-0.1, -0.05) is 22.0 Å². The van der Waals surface area contributed by atoms with Crippen molar-refractivity contribution in [1.82, 2.24) is 10.2 Å². The van der Waals surface area contributed by atoms with E-state index in [0.717, 1.165) is 50.1 Å². The van der Waals surface area contributed by atoms with Crippen LogP contribution < -0.4 is 5.32 Å². The van der Waals surface area contributed by atoms with E-state index in [-0.39, 0.29) is 6.03 Å². The zero-order valence-electron chi connectivity index (χ0n) is 11.8. The Morgan fingerprint density at radius 2 is 2.50 bits per heavy atom. The van der Waals surface area contributed by atoms with E-state index in [1.165, 1.54) is 0 Å². The molecule has 2 rings (SSSR count). The lowest BCUT2D eigenvalue weighted by atomic mass is 10.1. The Morgan fingerprint density at radius 3 is 3.25 bits per heavy atom. The molecule has 1 saturated heterocycles. The number of nitrogens with one attached hydrogen (secondary N) is 1. The standard InChI is InChI=1S/C14H23BrN2O3/c15-13-3-1-6-17(9-13)14(18)16-5-2-7-19-10-12-4-8-20-11-12/h3,12H,1-2,4-11H2,(H,16,18)/t12-/m0/s1. The summed E-state index contributed by atoms with van der Waals surface area (Å²) in [6.45, 7) is 5.29. The van der Waals surface area contributed by atoms with E-state index in [0.29, 0.717) is 25.6 Å². The van der Waals surface area contributed by atoms with Gasteiger partial charge in [0.15, 0.2) is 0 Å². The van der Waals surface area contributed by atoms with Crippen molar-refractivity contribution < 1.29 is 14.3 Å². The summed E-state index contributed by atoms with van der Waals surface area (Å²) >= 11 is 3.44. The van der Waals surface area contributed by atoms with Crippen molar-refractivity contribution in [2.24, 2.45) is 5.92 Å². The van der Waals surface area contributed by atoms with Gasteiger partial charge < -0.3 is 19.7 Å². The van der Waals surface area contributed by atoms with Crippen LogP contribution in [-0.4, -0.2) is 57.0 Å². The maximum Gasteiger partial charge on any atom is 0.317 e. The fraction of sp³-hybridized carbons (Fsp3) is 0.786. The van der Waals surface area contributed by atoms with E-state index in [9.17, 15) is 4.79 Å². The summed E-state index contributed by atoms with van der Waals surface area (Å²) in [4.78, 5) is 13.7. The Labute approximate surface area is 128 Å². The molecule has 6 heteroatoms. The molecule has 114 valence electrons. The molecule has 0 unspecified atom stereocenters. The lowest BCUT2D eigenvalue weighted by Gasteiger charge is -2.25. The molecule has 1 N–H and O–H groups in total. The van der Waals surface area contributed by atoms with Crippen LogP contribution in [0.1, 0.15) is 19.3 Å². The summed E-state index contributed by atoms with van der Waals surface area (Å²) in [6, 6.07) is 0.0132. The summed E-state index contributed by atoms with van der Waals surface area (Å²) in [5.74, 6) is 0.557. The molecule has 1 fully saturated rings. The number of hydrogen-bond donors (Lipinski definition) is 1. The number of urea groups is 1.